The molecular formula is C82H141BrN6O16. The Labute approximate surface area is 638 Å². The predicted molar refractivity (Wildman–Crippen MR) is 412 cm³/mol. The van der Waals surface area contributed by atoms with Crippen LogP contribution in [0.5, 0.6) is 0 Å². The summed E-state index contributed by atoms with van der Waals surface area (Å²) in [5.41, 5.74) is 13.2. The quantitative estimate of drug-likeness (QED) is 0.0184. The number of nitrogens with two attached hydrogens (primary N) is 1. The average molecular weight is 1550 g/mol. The molecule has 11 aliphatic rings. The van der Waals surface area contributed by atoms with Crippen LogP contribution < -0.4 is 5.73 Å². The van der Waals surface area contributed by atoms with Crippen molar-refractivity contribution in [2.75, 3.05) is 25.0 Å². The van der Waals surface area contributed by atoms with Gasteiger partial charge in [-0.15, -0.1) is 0 Å². The summed E-state index contributed by atoms with van der Waals surface area (Å²) in [7, 11) is 0. The number of cyclic esters (lactones) is 3. The van der Waals surface area contributed by atoms with Crippen LogP contribution in [0.15, 0.2) is 5.11 Å². The molecule has 602 valence electrons. The molecule has 0 aromatic carbocycles. The Kier molecular flexibility index (Phi) is 43.9. The van der Waals surface area contributed by atoms with Gasteiger partial charge in [-0.25, -0.2) is 19.4 Å². The molecule has 8 aliphatic carbocycles. The molecule has 23 heteroatoms. The number of halogens is 1. The third kappa shape index (κ3) is 33.4. The highest BCUT2D eigenvalue weighted by atomic mass is 79.9. The van der Waals surface area contributed by atoms with E-state index in [0.29, 0.717) is 74.5 Å². The first-order valence-corrected chi connectivity index (χ1v) is 42.6. The van der Waals surface area contributed by atoms with Gasteiger partial charge in [0.15, 0.2) is 0 Å². The highest BCUT2D eigenvalue weighted by Crippen LogP contribution is 2.40. The highest BCUT2D eigenvalue weighted by Gasteiger charge is 2.46. The third-order valence-electron chi connectivity index (χ3n) is 24.9. The van der Waals surface area contributed by atoms with Gasteiger partial charge < -0.3 is 40.0 Å². The van der Waals surface area contributed by atoms with Gasteiger partial charge in [0, 0.05) is 42.0 Å². The van der Waals surface area contributed by atoms with Gasteiger partial charge >= 0.3 is 42.0 Å². The van der Waals surface area contributed by atoms with Gasteiger partial charge in [-0.05, 0) is 183 Å². The smallest absolute Gasteiger partial charge is 0.417 e. The lowest BCUT2D eigenvalue weighted by Crippen LogP contribution is -2.45. The van der Waals surface area contributed by atoms with E-state index in [9.17, 15) is 43.2 Å². The van der Waals surface area contributed by atoms with E-state index in [1.807, 2.05) is 20.8 Å². The van der Waals surface area contributed by atoms with E-state index in [0.717, 1.165) is 101 Å². The van der Waals surface area contributed by atoms with Gasteiger partial charge in [0.2, 0.25) is 11.8 Å². The number of carboxylic acids is 3. The Hall–Kier alpha value is -5.02. The van der Waals surface area contributed by atoms with Gasteiger partial charge in [0.1, 0.15) is 17.8 Å². The second kappa shape index (κ2) is 49.9. The molecular weight excluding hydrogens is 1400 g/mol. The van der Waals surface area contributed by atoms with Crippen molar-refractivity contribution in [3.63, 3.8) is 0 Å². The number of nitrogens with zero attached hydrogens (tertiary/aromatic N) is 5. The Morgan fingerprint density at radius 3 is 1.32 bits per heavy atom. The summed E-state index contributed by atoms with van der Waals surface area (Å²) >= 11 is 3.59. The van der Waals surface area contributed by atoms with Gasteiger partial charge in [0.05, 0.1) is 43.4 Å². The number of azide groups is 1. The van der Waals surface area contributed by atoms with Crippen molar-refractivity contribution < 1.29 is 77.4 Å². The highest BCUT2D eigenvalue weighted by molar-refractivity contribution is 9.09. The first kappa shape index (κ1) is 92.4. The first-order chi connectivity index (χ1) is 50.1. The molecule has 3 saturated heterocycles. The van der Waals surface area contributed by atoms with E-state index >= 15 is 0 Å². The third-order valence-corrected chi connectivity index (χ3v) is 25.7. The fourth-order valence-electron chi connectivity index (χ4n) is 18.2. The van der Waals surface area contributed by atoms with E-state index in [1.165, 1.54) is 163 Å². The van der Waals surface area contributed by atoms with Crippen molar-refractivity contribution in [1.82, 2.24) is 9.80 Å². The Balaban J connectivity index is 0.000000260. The summed E-state index contributed by atoms with van der Waals surface area (Å²) in [6, 6.07) is -0.436. The van der Waals surface area contributed by atoms with Crippen molar-refractivity contribution in [2.45, 2.75) is 356 Å². The van der Waals surface area contributed by atoms with E-state index in [-0.39, 0.29) is 78.6 Å². The SMILES string of the molecule is CC[C@@H](C(=O)O)C1CCCC1.CC[C@@H](CBr)C1CCCC1.CC[C@@H](CN=[N+]=[N-])C1CCCC1.C[C@@H]1OC(=O)N(C(=O)CC2CCCC2)[C@@H]1C.C[C@@H]1OC(=O)N(C(=O)[C@H](CC(=O)OC(C)(C)C)C2CCCC2)[C@@H]1C.NC[C@H](CC(=O)O)C1CCCC1.O=C(O)CC1CCCC1.O=C1C[C@H](C2CCCC2)CO1. The number of esters is 2. The molecule has 3 aliphatic heterocycles. The lowest BCUT2D eigenvalue weighted by Gasteiger charge is -2.28. The van der Waals surface area contributed by atoms with E-state index in [2.05, 4.69) is 39.8 Å². The molecule has 0 aromatic heterocycles. The van der Waals surface area contributed by atoms with Crippen LogP contribution in [-0.2, 0) is 52.5 Å². The molecule has 0 radical (unpaired) electrons. The molecule has 10 atom stereocenters. The molecule has 4 amide bonds. The molecule has 0 bridgehead atoms. The molecule has 3 heterocycles. The van der Waals surface area contributed by atoms with Gasteiger partial charge in [-0.1, -0.05) is 209 Å². The number of ether oxygens (including phenoxy) is 4. The van der Waals surface area contributed by atoms with Crippen LogP contribution in [-0.4, -0.2) is 134 Å². The number of hydrogen-bond donors (Lipinski definition) is 4. The fraction of sp³-hybridized carbons (Fsp3) is 0.890. The van der Waals surface area contributed by atoms with Crippen LogP contribution in [0.3, 0.4) is 0 Å². The van der Waals surface area contributed by atoms with Crippen molar-refractivity contribution in [3.05, 3.63) is 10.4 Å². The summed E-state index contributed by atoms with van der Waals surface area (Å²) in [6.07, 6.45) is 43.2. The number of amides is 4. The number of carbonyl (C=O) groups is 9. The molecule has 11 fully saturated rings. The summed E-state index contributed by atoms with van der Waals surface area (Å²) in [5, 5.41) is 30.7. The maximum atomic E-state index is 13.0. The van der Waals surface area contributed by atoms with Crippen molar-refractivity contribution in [1.29, 1.82) is 0 Å². The zero-order valence-electron chi connectivity index (χ0n) is 66.3. The molecule has 22 nitrogen and oxygen atoms in total. The Bertz CT molecular complexity index is 2600. The molecule has 5 N–H and O–H groups in total. The van der Waals surface area contributed by atoms with Crippen LogP contribution >= 0.6 is 15.9 Å². The van der Waals surface area contributed by atoms with Crippen LogP contribution in [0.4, 0.5) is 9.59 Å². The average Bonchev–Trinajstić information content (AvgIpc) is 1.67. The van der Waals surface area contributed by atoms with Crippen molar-refractivity contribution >= 4 is 69.8 Å². The molecule has 0 unspecified atom stereocenters. The van der Waals surface area contributed by atoms with E-state index in [1.54, 1.807) is 34.6 Å². The number of alkyl halides is 1. The number of imide groups is 2. The predicted octanol–water partition coefficient (Wildman–Crippen LogP) is 19.6. The number of rotatable bonds is 23. The molecule has 8 saturated carbocycles. The van der Waals surface area contributed by atoms with Gasteiger partial charge in [-0.3, -0.25) is 33.6 Å². The molecule has 0 aromatic rings. The van der Waals surface area contributed by atoms with Crippen LogP contribution in [0.1, 0.15) is 326 Å². The standard InChI is InChI=1S/C18H29NO5.C12H19NO3.C9H17Br.C9H17N3.C9H17NO2.C9H14O2.C9H16O2.C7H12O2/c1-11-12(2)23-17(22)19(11)16(21)14(13-8-6-7-9-13)10-15(20)24-18(3,4)5;1-8-9(2)16-12(15)13(8)11(14)7-10-5-3-4-6-10;1-2-8(7-10)9-5-3-4-6-9;1-2-8(7-11-12-10)9-5-3-4-6-9;10-6-8(5-9(11)12)7-3-1-2-4-7;10-9-5-8(6-11-9)7-3-1-2-4-7;1-2-8(9(10)11)7-5-3-4-6-7;8-7(9)5-6-3-1-2-4-6/h11-14H,6-10H2,1-5H3;8-10H,3-7H2,1-2H3;8-9H,2-7H2,1H3;8-9H,2-7H2,1H3;7-8H,1-6,10H2,(H,11,12);7-8H,1-6H2;7-8H,2-6H2,1H3,(H,10,11);6H,1-5H2,(H,8,9)/t11-,12+,14-;8-,9+;5*8-;/m1100001./s1. The molecule has 11 rings (SSSR count). The largest absolute Gasteiger partial charge is 0.481 e. The molecule has 0 spiro atoms. The van der Waals surface area contributed by atoms with E-state index in [4.69, 9.17) is 45.5 Å². The van der Waals surface area contributed by atoms with Crippen LogP contribution in [0.25, 0.3) is 10.4 Å². The topological polar surface area (TPSA) is 332 Å². The monoisotopic (exact) mass is 1540 g/mol. The lowest BCUT2D eigenvalue weighted by atomic mass is 9.86. The maximum Gasteiger partial charge on any atom is 0.417 e. The Morgan fingerprint density at radius 1 is 0.552 bits per heavy atom. The second-order valence-electron chi connectivity index (χ2n) is 33.4. The van der Waals surface area contributed by atoms with Crippen LogP contribution in [0, 0.1) is 82.9 Å². The van der Waals surface area contributed by atoms with Gasteiger partial charge in [0.25, 0.3) is 0 Å². The van der Waals surface area contributed by atoms with Crippen molar-refractivity contribution in [2.24, 2.45) is 93.7 Å². The summed E-state index contributed by atoms with van der Waals surface area (Å²) in [4.78, 5) is 108. The minimum atomic E-state index is -0.711. The second-order valence-corrected chi connectivity index (χ2v) is 34.0. The first-order valence-electron chi connectivity index (χ1n) is 41.5. The normalized spacial score (nSPS) is 25.2. The van der Waals surface area contributed by atoms with Crippen LogP contribution in [0.2, 0.25) is 0 Å². The Morgan fingerprint density at radius 2 is 0.962 bits per heavy atom. The number of hydrogen-bond acceptors (Lipinski definition) is 15. The minimum absolute atomic E-state index is 0.0156. The fourth-order valence-corrected chi connectivity index (χ4v) is 19.2. The summed E-state index contributed by atoms with van der Waals surface area (Å²) < 4.78 is 20.5. The lowest BCUT2D eigenvalue weighted by molar-refractivity contribution is -0.159. The maximum absolute atomic E-state index is 13.0. The zero-order chi connectivity index (χ0) is 77.6. The zero-order valence-corrected chi connectivity index (χ0v) is 67.9. The molecule has 105 heavy (non-hydrogen) atoms. The number of aliphatic carboxylic acids is 3. The number of carbonyl (C=O) groups excluding carboxylic acids is 6. The van der Waals surface area contributed by atoms with Crippen molar-refractivity contribution in [3.8, 4) is 0 Å². The minimum Gasteiger partial charge on any atom is -0.481 e. The van der Waals surface area contributed by atoms with Gasteiger partial charge in [-0.2, -0.15) is 0 Å². The van der Waals surface area contributed by atoms with E-state index < -0.39 is 41.6 Å². The summed E-state index contributed by atoms with van der Waals surface area (Å²) in [5.74, 6) is 3.92. The number of carboxylic acid groups (broad SMARTS) is 3. The summed E-state index contributed by atoms with van der Waals surface area (Å²) in [6.45, 7) is 21.1.